The Morgan fingerprint density at radius 3 is 2.85 bits per heavy atom. The molecule has 1 unspecified atom stereocenters. The minimum atomic E-state index is -0.0838. The standard InChI is InChI=1S/C27H30N6O/c1-17-7-5-8-22(29-17)26-25(24-9-6-14-33(24)31-26)21-12-13-28-23-15-19(10-11-20(21)23)27(34)30-18(2)16-32(3)4/h5,7-8,10-13,15,18H,6,9,14,16H2,1-4H3,(H,30,34). The molecule has 4 aromatic rings. The van der Waals surface area contributed by atoms with Gasteiger partial charge in [0.1, 0.15) is 5.69 Å². The van der Waals surface area contributed by atoms with Crippen molar-refractivity contribution in [2.45, 2.75) is 39.3 Å². The Morgan fingerprint density at radius 1 is 1.21 bits per heavy atom. The molecule has 4 heterocycles. The summed E-state index contributed by atoms with van der Waals surface area (Å²) >= 11 is 0. The zero-order chi connectivity index (χ0) is 23.8. The minimum Gasteiger partial charge on any atom is -0.348 e. The fourth-order valence-electron chi connectivity index (χ4n) is 4.88. The van der Waals surface area contributed by atoms with E-state index in [2.05, 4.69) is 25.9 Å². The van der Waals surface area contributed by atoms with E-state index in [0.29, 0.717) is 5.56 Å². The van der Waals surface area contributed by atoms with Crippen molar-refractivity contribution in [2.24, 2.45) is 0 Å². The lowest BCUT2D eigenvalue weighted by atomic mass is 9.96. The van der Waals surface area contributed by atoms with Gasteiger partial charge in [-0.3, -0.25) is 19.4 Å². The van der Waals surface area contributed by atoms with E-state index in [4.69, 9.17) is 10.1 Å². The molecule has 1 amide bonds. The van der Waals surface area contributed by atoms with Crippen molar-refractivity contribution in [3.05, 3.63) is 65.6 Å². The van der Waals surface area contributed by atoms with Crippen LogP contribution in [0.5, 0.6) is 0 Å². The SMILES string of the molecule is Cc1cccc(-c2nn3c(c2-c2ccnc4cc(C(=O)NC(C)CN(C)C)ccc24)CCC3)n1. The predicted octanol–water partition coefficient (Wildman–Crippen LogP) is 4.09. The van der Waals surface area contributed by atoms with Gasteiger partial charge in [-0.2, -0.15) is 5.10 Å². The first kappa shape index (κ1) is 22.2. The van der Waals surface area contributed by atoms with Crippen molar-refractivity contribution in [3.8, 4) is 22.5 Å². The van der Waals surface area contributed by atoms with E-state index in [1.54, 1.807) is 0 Å². The van der Waals surface area contributed by atoms with Gasteiger partial charge in [0.05, 0.1) is 11.2 Å². The molecule has 0 aliphatic carbocycles. The van der Waals surface area contributed by atoms with Gasteiger partial charge in [0.2, 0.25) is 0 Å². The third-order valence-electron chi connectivity index (χ3n) is 6.26. The van der Waals surface area contributed by atoms with Gasteiger partial charge in [0, 0.05) is 53.2 Å². The molecule has 7 nitrogen and oxygen atoms in total. The molecule has 1 aliphatic heterocycles. The molecule has 3 aromatic heterocycles. The third kappa shape index (κ3) is 4.19. The maximum atomic E-state index is 12.8. The van der Waals surface area contributed by atoms with E-state index in [0.717, 1.165) is 65.0 Å². The van der Waals surface area contributed by atoms with Crippen molar-refractivity contribution in [1.29, 1.82) is 0 Å². The Kier molecular flexibility index (Phi) is 5.87. The van der Waals surface area contributed by atoms with E-state index in [1.807, 2.05) is 70.5 Å². The van der Waals surface area contributed by atoms with Crippen LogP contribution in [-0.2, 0) is 13.0 Å². The molecule has 0 fully saturated rings. The summed E-state index contributed by atoms with van der Waals surface area (Å²) in [6, 6.07) is 13.9. The third-order valence-corrected chi connectivity index (χ3v) is 6.26. The molecule has 0 saturated heterocycles. The number of aryl methyl sites for hydroxylation is 2. The molecule has 174 valence electrons. The number of nitrogens with zero attached hydrogens (tertiary/aromatic N) is 5. The van der Waals surface area contributed by atoms with Crippen molar-refractivity contribution < 1.29 is 4.79 Å². The number of likely N-dealkylation sites (N-methyl/N-ethyl adjacent to an activating group) is 1. The average molecular weight is 455 g/mol. The van der Waals surface area contributed by atoms with Crippen LogP contribution >= 0.6 is 0 Å². The average Bonchev–Trinajstić information content (AvgIpc) is 3.39. The van der Waals surface area contributed by atoms with Crippen LogP contribution in [0, 0.1) is 6.92 Å². The van der Waals surface area contributed by atoms with Crippen molar-refractivity contribution in [1.82, 2.24) is 30.0 Å². The Bertz CT molecular complexity index is 1370. The number of benzene rings is 1. The van der Waals surface area contributed by atoms with E-state index in [-0.39, 0.29) is 11.9 Å². The molecular weight excluding hydrogens is 424 g/mol. The summed E-state index contributed by atoms with van der Waals surface area (Å²) in [4.78, 5) is 24.3. The highest BCUT2D eigenvalue weighted by atomic mass is 16.1. The molecular formula is C27H30N6O. The van der Waals surface area contributed by atoms with Crippen LogP contribution in [0.1, 0.15) is 35.1 Å². The molecule has 34 heavy (non-hydrogen) atoms. The highest BCUT2D eigenvalue weighted by molar-refractivity contribution is 6.03. The lowest BCUT2D eigenvalue weighted by Gasteiger charge is -2.18. The number of carbonyl (C=O) groups is 1. The summed E-state index contributed by atoms with van der Waals surface area (Å²) in [5.41, 5.74) is 7.62. The van der Waals surface area contributed by atoms with Crippen molar-refractivity contribution in [3.63, 3.8) is 0 Å². The summed E-state index contributed by atoms with van der Waals surface area (Å²) in [6.07, 6.45) is 3.90. The number of hydrogen-bond donors (Lipinski definition) is 1. The second-order valence-electron chi connectivity index (χ2n) is 9.39. The van der Waals surface area contributed by atoms with Crippen LogP contribution in [0.25, 0.3) is 33.4 Å². The molecule has 0 spiro atoms. The smallest absolute Gasteiger partial charge is 0.251 e. The van der Waals surface area contributed by atoms with Gasteiger partial charge < -0.3 is 10.2 Å². The molecule has 0 radical (unpaired) electrons. The van der Waals surface area contributed by atoms with Crippen LogP contribution in [-0.4, -0.2) is 57.2 Å². The van der Waals surface area contributed by atoms with Crippen LogP contribution in [0.2, 0.25) is 0 Å². The lowest BCUT2D eigenvalue weighted by Crippen LogP contribution is -2.39. The zero-order valence-corrected chi connectivity index (χ0v) is 20.2. The van der Waals surface area contributed by atoms with E-state index in [1.165, 1.54) is 5.69 Å². The Labute approximate surface area is 199 Å². The number of hydrogen-bond acceptors (Lipinski definition) is 5. The maximum absolute atomic E-state index is 12.8. The fraction of sp³-hybridized carbons (Fsp3) is 0.333. The van der Waals surface area contributed by atoms with Crippen molar-refractivity contribution >= 4 is 16.8 Å². The topological polar surface area (TPSA) is 75.9 Å². The monoisotopic (exact) mass is 454 g/mol. The summed E-state index contributed by atoms with van der Waals surface area (Å²) in [7, 11) is 4.00. The fourth-order valence-corrected chi connectivity index (χ4v) is 4.88. The minimum absolute atomic E-state index is 0.0527. The normalized spacial score (nSPS) is 13.9. The lowest BCUT2D eigenvalue weighted by molar-refractivity contribution is 0.0934. The van der Waals surface area contributed by atoms with Gasteiger partial charge in [-0.15, -0.1) is 0 Å². The molecule has 0 saturated carbocycles. The number of nitrogens with one attached hydrogen (secondary N) is 1. The number of fused-ring (bicyclic) bond motifs is 2. The van der Waals surface area contributed by atoms with Gasteiger partial charge in [-0.25, -0.2) is 0 Å². The molecule has 1 aliphatic rings. The van der Waals surface area contributed by atoms with E-state index in [9.17, 15) is 4.79 Å². The van der Waals surface area contributed by atoms with Gasteiger partial charge in [0.25, 0.3) is 5.91 Å². The van der Waals surface area contributed by atoms with Crippen LogP contribution in [0.4, 0.5) is 0 Å². The van der Waals surface area contributed by atoms with Gasteiger partial charge in [0.15, 0.2) is 0 Å². The van der Waals surface area contributed by atoms with Crippen LogP contribution in [0.15, 0.2) is 48.7 Å². The first-order valence-electron chi connectivity index (χ1n) is 11.8. The second kappa shape index (κ2) is 8.99. The molecule has 1 aromatic carbocycles. The number of carbonyl (C=O) groups excluding carboxylic acids is 1. The zero-order valence-electron chi connectivity index (χ0n) is 20.2. The molecule has 7 heteroatoms. The van der Waals surface area contributed by atoms with E-state index >= 15 is 0 Å². The number of rotatable bonds is 6. The summed E-state index contributed by atoms with van der Waals surface area (Å²) in [5, 5.41) is 9.04. The summed E-state index contributed by atoms with van der Waals surface area (Å²) in [5.74, 6) is -0.0838. The largest absolute Gasteiger partial charge is 0.348 e. The molecule has 0 bridgehead atoms. The van der Waals surface area contributed by atoms with E-state index < -0.39 is 0 Å². The van der Waals surface area contributed by atoms with Gasteiger partial charge in [-0.05, 0) is 76.7 Å². The van der Waals surface area contributed by atoms with Gasteiger partial charge >= 0.3 is 0 Å². The molecule has 1 N–H and O–H groups in total. The van der Waals surface area contributed by atoms with Gasteiger partial charge in [-0.1, -0.05) is 12.1 Å². The highest BCUT2D eigenvalue weighted by Crippen LogP contribution is 2.39. The first-order chi connectivity index (χ1) is 16.4. The van der Waals surface area contributed by atoms with Crippen LogP contribution in [0.3, 0.4) is 0 Å². The molecule has 5 rings (SSSR count). The quantitative estimate of drug-likeness (QED) is 0.475. The summed E-state index contributed by atoms with van der Waals surface area (Å²) < 4.78 is 2.12. The maximum Gasteiger partial charge on any atom is 0.251 e. The molecule has 1 atom stereocenters. The number of amides is 1. The number of pyridine rings is 2. The highest BCUT2D eigenvalue weighted by Gasteiger charge is 2.26. The second-order valence-corrected chi connectivity index (χ2v) is 9.39. The predicted molar refractivity (Wildman–Crippen MR) is 135 cm³/mol. The Balaban J connectivity index is 1.58. The Morgan fingerprint density at radius 2 is 2.06 bits per heavy atom. The van der Waals surface area contributed by atoms with Crippen LogP contribution < -0.4 is 5.32 Å². The summed E-state index contributed by atoms with van der Waals surface area (Å²) in [6.45, 7) is 5.72. The first-order valence-corrected chi connectivity index (χ1v) is 11.8. The Hall–Kier alpha value is -3.58. The van der Waals surface area contributed by atoms with Crippen molar-refractivity contribution in [2.75, 3.05) is 20.6 Å². The number of aromatic nitrogens is 4.